The molecule has 0 radical (unpaired) electrons. The van der Waals surface area contributed by atoms with Crippen molar-refractivity contribution < 1.29 is 0 Å². The molecule has 0 aliphatic carbocycles. The molecule has 0 heterocycles. The summed E-state index contributed by atoms with van der Waals surface area (Å²) >= 11 is 0. The van der Waals surface area contributed by atoms with Crippen molar-refractivity contribution in [3.8, 4) is 0 Å². The first-order valence-electron chi connectivity index (χ1n) is 5.90. The topological polar surface area (TPSA) is 12.0 Å². The van der Waals surface area contributed by atoms with Gasteiger partial charge in [-0.05, 0) is 31.2 Å². The predicted molar refractivity (Wildman–Crippen MR) is 61.0 cm³/mol. The largest absolute Gasteiger partial charge is 0.314 e. The van der Waals surface area contributed by atoms with E-state index in [0.29, 0.717) is 0 Å². The zero-order valence-electron chi connectivity index (χ0n) is 10.1. The zero-order chi connectivity index (χ0) is 10.3. The van der Waals surface area contributed by atoms with Gasteiger partial charge < -0.3 is 5.32 Å². The molecule has 1 N–H and O–H groups in total. The summed E-state index contributed by atoms with van der Waals surface area (Å²) in [6.45, 7) is 12.7. The van der Waals surface area contributed by atoms with Gasteiger partial charge in [-0.25, -0.2) is 0 Å². The number of nitrogens with one attached hydrogen (secondary N) is 1. The first-order chi connectivity index (χ1) is 6.17. The normalized spacial score (nSPS) is 18.2. The molecule has 1 heteroatoms. The summed E-state index contributed by atoms with van der Waals surface area (Å²) < 4.78 is 0. The molecule has 0 fully saturated rings. The van der Waals surface area contributed by atoms with Gasteiger partial charge in [0.25, 0.3) is 0 Å². The van der Waals surface area contributed by atoms with Crippen molar-refractivity contribution in [1.82, 2.24) is 5.32 Å². The Kier molecular flexibility index (Phi) is 7.35. The number of hydrogen-bond acceptors (Lipinski definition) is 1. The molecule has 0 aliphatic heterocycles. The van der Waals surface area contributed by atoms with Crippen LogP contribution in [0.25, 0.3) is 0 Å². The molecule has 0 aromatic rings. The molecule has 3 atom stereocenters. The smallest absolute Gasteiger partial charge is 0.00926 e. The Balaban J connectivity index is 3.90. The fourth-order valence-electron chi connectivity index (χ4n) is 1.80. The van der Waals surface area contributed by atoms with Crippen molar-refractivity contribution in [2.45, 2.75) is 59.9 Å². The molecular weight excluding hydrogens is 158 g/mol. The third-order valence-corrected chi connectivity index (χ3v) is 3.27. The van der Waals surface area contributed by atoms with E-state index in [1.54, 1.807) is 0 Å². The Labute approximate surface area is 84.3 Å². The maximum absolute atomic E-state index is 3.63. The fourth-order valence-corrected chi connectivity index (χ4v) is 1.80. The van der Waals surface area contributed by atoms with E-state index in [2.05, 4.69) is 39.9 Å². The molecule has 1 nitrogen and oxygen atoms in total. The summed E-state index contributed by atoms with van der Waals surface area (Å²) in [6, 6.07) is 0.717. The van der Waals surface area contributed by atoms with E-state index in [1.165, 1.54) is 25.8 Å². The second-order valence-electron chi connectivity index (χ2n) is 4.21. The molecule has 0 saturated heterocycles. The monoisotopic (exact) mass is 185 g/mol. The molecule has 0 aromatic heterocycles. The van der Waals surface area contributed by atoms with Gasteiger partial charge >= 0.3 is 0 Å². The van der Waals surface area contributed by atoms with Crippen molar-refractivity contribution in [2.24, 2.45) is 11.8 Å². The van der Waals surface area contributed by atoms with E-state index >= 15 is 0 Å². The quantitative estimate of drug-likeness (QED) is 0.640. The van der Waals surface area contributed by atoms with Gasteiger partial charge in [0, 0.05) is 6.04 Å². The van der Waals surface area contributed by atoms with Gasteiger partial charge in [-0.15, -0.1) is 0 Å². The molecule has 0 saturated carbocycles. The minimum absolute atomic E-state index is 0.717. The Morgan fingerprint density at radius 1 is 1.00 bits per heavy atom. The molecule has 0 amide bonds. The van der Waals surface area contributed by atoms with Crippen molar-refractivity contribution in [3.63, 3.8) is 0 Å². The van der Waals surface area contributed by atoms with Gasteiger partial charge in [-0.2, -0.15) is 0 Å². The average Bonchev–Trinajstić information content (AvgIpc) is 2.17. The predicted octanol–water partition coefficient (Wildman–Crippen LogP) is 3.45. The van der Waals surface area contributed by atoms with Crippen molar-refractivity contribution in [2.75, 3.05) is 6.54 Å². The third-order valence-electron chi connectivity index (χ3n) is 3.27. The highest BCUT2D eigenvalue weighted by Gasteiger charge is 2.18. The van der Waals surface area contributed by atoms with Crippen molar-refractivity contribution in [1.29, 1.82) is 0 Å². The second-order valence-corrected chi connectivity index (χ2v) is 4.21. The lowest BCUT2D eigenvalue weighted by Gasteiger charge is -2.28. The van der Waals surface area contributed by atoms with Crippen LogP contribution in [0.5, 0.6) is 0 Å². The lowest BCUT2D eigenvalue weighted by Crippen LogP contribution is -2.37. The molecule has 0 aliphatic rings. The standard InChI is InChI=1S/C12H27N/c1-6-9-13-12(8-3)11(5)10(4)7-2/h10-13H,6-9H2,1-5H3. The number of hydrogen-bond donors (Lipinski definition) is 1. The van der Waals surface area contributed by atoms with Gasteiger partial charge in [0.2, 0.25) is 0 Å². The highest BCUT2D eigenvalue weighted by Crippen LogP contribution is 2.20. The molecule has 0 spiro atoms. The number of rotatable bonds is 7. The molecule has 0 bridgehead atoms. The summed E-state index contributed by atoms with van der Waals surface area (Å²) in [5.74, 6) is 1.65. The van der Waals surface area contributed by atoms with Crippen LogP contribution in [0.4, 0.5) is 0 Å². The van der Waals surface area contributed by atoms with Gasteiger partial charge in [0.05, 0.1) is 0 Å². The Hall–Kier alpha value is -0.0400. The van der Waals surface area contributed by atoms with Crippen LogP contribution in [0.15, 0.2) is 0 Å². The van der Waals surface area contributed by atoms with Gasteiger partial charge in [0.1, 0.15) is 0 Å². The molecule has 13 heavy (non-hydrogen) atoms. The minimum atomic E-state index is 0.717. The van der Waals surface area contributed by atoms with E-state index in [-0.39, 0.29) is 0 Å². The van der Waals surface area contributed by atoms with Crippen LogP contribution in [0.1, 0.15) is 53.9 Å². The first-order valence-corrected chi connectivity index (χ1v) is 5.90. The summed E-state index contributed by atoms with van der Waals surface area (Å²) in [4.78, 5) is 0. The summed E-state index contributed by atoms with van der Waals surface area (Å²) in [6.07, 6.45) is 3.79. The Bertz CT molecular complexity index is 112. The summed E-state index contributed by atoms with van der Waals surface area (Å²) in [7, 11) is 0. The van der Waals surface area contributed by atoms with Crippen LogP contribution in [0, 0.1) is 11.8 Å². The highest BCUT2D eigenvalue weighted by atomic mass is 14.9. The second kappa shape index (κ2) is 7.37. The molecular formula is C12H27N. The van der Waals surface area contributed by atoms with Gasteiger partial charge in [-0.3, -0.25) is 0 Å². The first kappa shape index (κ1) is 13.0. The molecule has 80 valence electrons. The van der Waals surface area contributed by atoms with Crippen LogP contribution in [0.3, 0.4) is 0 Å². The molecule has 0 aromatic carbocycles. The van der Waals surface area contributed by atoms with E-state index in [4.69, 9.17) is 0 Å². The van der Waals surface area contributed by atoms with Crippen LogP contribution in [-0.2, 0) is 0 Å². The maximum atomic E-state index is 3.63. The van der Waals surface area contributed by atoms with Crippen LogP contribution in [-0.4, -0.2) is 12.6 Å². The lowest BCUT2D eigenvalue weighted by molar-refractivity contribution is 0.271. The minimum Gasteiger partial charge on any atom is -0.314 e. The van der Waals surface area contributed by atoms with Gasteiger partial charge in [0.15, 0.2) is 0 Å². The molecule has 0 rings (SSSR count). The highest BCUT2D eigenvalue weighted by molar-refractivity contribution is 4.75. The van der Waals surface area contributed by atoms with E-state index in [0.717, 1.165) is 17.9 Å². The Morgan fingerprint density at radius 2 is 1.62 bits per heavy atom. The summed E-state index contributed by atoms with van der Waals surface area (Å²) in [5.41, 5.74) is 0. The van der Waals surface area contributed by atoms with Crippen molar-refractivity contribution >= 4 is 0 Å². The SMILES string of the molecule is CCCNC(CC)C(C)C(C)CC. The van der Waals surface area contributed by atoms with Crippen LogP contribution < -0.4 is 5.32 Å². The van der Waals surface area contributed by atoms with Crippen LogP contribution in [0.2, 0.25) is 0 Å². The van der Waals surface area contributed by atoms with E-state index in [1.807, 2.05) is 0 Å². The fraction of sp³-hybridized carbons (Fsp3) is 1.00. The summed E-state index contributed by atoms with van der Waals surface area (Å²) in [5, 5.41) is 3.63. The van der Waals surface area contributed by atoms with Crippen LogP contribution >= 0.6 is 0 Å². The van der Waals surface area contributed by atoms with E-state index < -0.39 is 0 Å². The van der Waals surface area contributed by atoms with E-state index in [9.17, 15) is 0 Å². The molecule has 3 unspecified atom stereocenters. The lowest BCUT2D eigenvalue weighted by atomic mass is 9.86. The zero-order valence-corrected chi connectivity index (χ0v) is 10.1. The average molecular weight is 185 g/mol. The maximum Gasteiger partial charge on any atom is 0.00926 e. The van der Waals surface area contributed by atoms with Crippen molar-refractivity contribution in [3.05, 3.63) is 0 Å². The third kappa shape index (κ3) is 4.66. The Morgan fingerprint density at radius 3 is 2.00 bits per heavy atom. The van der Waals surface area contributed by atoms with Gasteiger partial charge in [-0.1, -0.05) is 41.0 Å².